The fourth-order valence-electron chi connectivity index (χ4n) is 3.34. The molecule has 2 heterocycles. The smallest absolute Gasteiger partial charge is 0.425 e. The normalized spacial score (nSPS) is 20.2. The van der Waals surface area contributed by atoms with Crippen molar-refractivity contribution in [2.45, 2.75) is 70.7 Å². The van der Waals surface area contributed by atoms with Crippen molar-refractivity contribution < 1.29 is 36.3 Å². The molecule has 0 spiro atoms. The molecule has 1 saturated carbocycles. The van der Waals surface area contributed by atoms with Crippen molar-refractivity contribution in [2.24, 2.45) is 5.41 Å². The molecule has 1 saturated heterocycles. The summed E-state index contributed by atoms with van der Waals surface area (Å²) in [5.74, 6) is -4.49. The summed E-state index contributed by atoms with van der Waals surface area (Å²) in [6.07, 6.45) is -3.80. The Kier molecular flexibility index (Phi) is 6.16. The highest BCUT2D eigenvalue weighted by Gasteiger charge is 2.49. The molecule has 0 aromatic carbocycles. The summed E-state index contributed by atoms with van der Waals surface area (Å²) in [5, 5.41) is 2.51. The van der Waals surface area contributed by atoms with Crippen LogP contribution in [0.25, 0.3) is 0 Å². The van der Waals surface area contributed by atoms with Crippen molar-refractivity contribution >= 4 is 11.8 Å². The van der Waals surface area contributed by atoms with Gasteiger partial charge < -0.3 is 15.0 Å². The van der Waals surface area contributed by atoms with Crippen molar-refractivity contribution in [1.29, 1.82) is 0 Å². The van der Waals surface area contributed by atoms with Gasteiger partial charge in [-0.05, 0) is 31.1 Å². The number of hydrogen-bond acceptors (Lipinski definition) is 4. The quantitative estimate of drug-likeness (QED) is 0.650. The molecule has 11 heteroatoms. The molecular formula is C21H26F5N3O3. The van der Waals surface area contributed by atoms with Crippen molar-refractivity contribution in [3.8, 4) is 5.75 Å². The highest BCUT2D eigenvalue weighted by atomic mass is 19.4. The van der Waals surface area contributed by atoms with Crippen LogP contribution in [0.4, 0.5) is 22.0 Å². The van der Waals surface area contributed by atoms with Crippen molar-refractivity contribution in [1.82, 2.24) is 15.2 Å². The van der Waals surface area contributed by atoms with E-state index < -0.39 is 54.6 Å². The second-order valence-corrected chi connectivity index (χ2v) is 9.51. The molecule has 2 atom stereocenters. The van der Waals surface area contributed by atoms with Crippen LogP contribution >= 0.6 is 0 Å². The van der Waals surface area contributed by atoms with Crippen LogP contribution in [0.1, 0.15) is 62.5 Å². The van der Waals surface area contributed by atoms with Crippen molar-refractivity contribution in [3.05, 3.63) is 23.5 Å². The van der Waals surface area contributed by atoms with Crippen LogP contribution in [-0.2, 0) is 4.79 Å². The average molecular weight is 463 g/mol. The SMILES string of the molecule is C[C@H](Oc1cc(C(=O)NC(C(=O)N2CC(F)(F)C2)C(C)(C)C)ncc1C1CC1)C(F)(F)F. The second-order valence-electron chi connectivity index (χ2n) is 9.51. The zero-order chi connectivity index (χ0) is 24.1. The first-order chi connectivity index (χ1) is 14.6. The minimum atomic E-state index is -4.59. The third-order valence-electron chi connectivity index (χ3n) is 5.45. The number of hydrogen-bond donors (Lipinski definition) is 1. The number of alkyl halides is 5. The second kappa shape index (κ2) is 8.15. The van der Waals surface area contributed by atoms with E-state index in [1.54, 1.807) is 20.8 Å². The van der Waals surface area contributed by atoms with E-state index in [2.05, 4.69) is 10.3 Å². The van der Waals surface area contributed by atoms with E-state index in [9.17, 15) is 31.5 Å². The number of nitrogens with zero attached hydrogens (tertiary/aromatic N) is 2. The first kappa shape index (κ1) is 24.2. The van der Waals surface area contributed by atoms with Gasteiger partial charge in [0.1, 0.15) is 17.5 Å². The molecule has 1 aromatic heterocycles. The van der Waals surface area contributed by atoms with Gasteiger partial charge in [0, 0.05) is 17.8 Å². The number of amides is 2. The fraction of sp³-hybridized carbons (Fsp3) is 0.667. The first-order valence-corrected chi connectivity index (χ1v) is 10.3. The first-order valence-electron chi connectivity index (χ1n) is 10.3. The summed E-state index contributed by atoms with van der Waals surface area (Å²) in [6.45, 7) is 4.41. The minimum absolute atomic E-state index is 0.0204. The minimum Gasteiger partial charge on any atom is -0.481 e. The van der Waals surface area contributed by atoms with Gasteiger partial charge in [0.25, 0.3) is 11.8 Å². The highest BCUT2D eigenvalue weighted by Crippen LogP contribution is 2.45. The number of carbonyl (C=O) groups excluding carboxylic acids is 2. The molecule has 32 heavy (non-hydrogen) atoms. The lowest BCUT2D eigenvalue weighted by Gasteiger charge is -2.43. The van der Waals surface area contributed by atoms with Gasteiger partial charge in [0.05, 0.1) is 13.1 Å². The Hall–Kier alpha value is -2.46. The van der Waals surface area contributed by atoms with Gasteiger partial charge >= 0.3 is 6.18 Å². The van der Waals surface area contributed by atoms with Gasteiger partial charge in [-0.1, -0.05) is 20.8 Å². The third kappa shape index (κ3) is 5.47. The van der Waals surface area contributed by atoms with Crippen molar-refractivity contribution in [2.75, 3.05) is 13.1 Å². The van der Waals surface area contributed by atoms with Crippen LogP contribution in [0.3, 0.4) is 0 Å². The lowest BCUT2D eigenvalue weighted by Crippen LogP contribution is -2.64. The highest BCUT2D eigenvalue weighted by molar-refractivity contribution is 5.97. The number of likely N-dealkylation sites (tertiary alicyclic amines) is 1. The standard InChI is InChI=1S/C21H26F5N3O3/c1-11(21(24,25)26)32-15-7-14(27-8-13(15)12-5-6-12)17(30)28-16(19(2,3)4)18(31)29-9-20(22,23)10-29/h7-8,11-12,16H,5-6,9-10H2,1-4H3,(H,28,30)/t11-,16?/m0/s1. The fourth-order valence-corrected chi connectivity index (χ4v) is 3.34. The molecule has 1 unspecified atom stereocenters. The Labute approximate surface area is 182 Å². The van der Waals surface area contributed by atoms with E-state index in [1.807, 2.05) is 0 Å². The Morgan fingerprint density at radius 2 is 1.81 bits per heavy atom. The summed E-state index contributed by atoms with van der Waals surface area (Å²) in [5.41, 5.74) is -0.547. The Balaban J connectivity index is 1.80. The molecule has 6 nitrogen and oxygen atoms in total. The molecule has 0 radical (unpaired) electrons. The number of aromatic nitrogens is 1. The van der Waals surface area contributed by atoms with E-state index in [0.717, 1.165) is 30.7 Å². The third-order valence-corrected chi connectivity index (χ3v) is 5.45. The van der Waals surface area contributed by atoms with Crippen LogP contribution in [0.15, 0.2) is 12.3 Å². The lowest BCUT2D eigenvalue weighted by atomic mass is 9.85. The summed E-state index contributed by atoms with van der Waals surface area (Å²) in [7, 11) is 0. The molecule has 2 fully saturated rings. The molecular weight excluding hydrogens is 437 g/mol. The largest absolute Gasteiger partial charge is 0.481 e. The van der Waals surface area contributed by atoms with Gasteiger partial charge in [-0.2, -0.15) is 13.2 Å². The maximum atomic E-state index is 13.2. The van der Waals surface area contributed by atoms with Crippen LogP contribution in [0, 0.1) is 5.41 Å². The molecule has 3 rings (SSSR count). The number of carbonyl (C=O) groups is 2. The van der Waals surface area contributed by atoms with Crippen LogP contribution in [0.2, 0.25) is 0 Å². The van der Waals surface area contributed by atoms with E-state index in [4.69, 9.17) is 4.74 Å². The predicted octanol–water partition coefficient (Wildman–Crippen LogP) is 3.91. The van der Waals surface area contributed by atoms with Gasteiger partial charge in [-0.3, -0.25) is 14.6 Å². The van der Waals surface area contributed by atoms with Gasteiger partial charge in [0.15, 0.2) is 6.10 Å². The summed E-state index contributed by atoms with van der Waals surface area (Å²) >= 11 is 0. The zero-order valence-electron chi connectivity index (χ0n) is 18.2. The van der Waals surface area contributed by atoms with Gasteiger partial charge in [-0.25, -0.2) is 8.78 Å². The molecule has 2 aliphatic rings. The topological polar surface area (TPSA) is 71.5 Å². The molecule has 2 amide bonds. The summed E-state index contributed by atoms with van der Waals surface area (Å²) < 4.78 is 70.5. The molecule has 0 bridgehead atoms. The summed E-state index contributed by atoms with van der Waals surface area (Å²) in [6, 6.07) is 0.00203. The van der Waals surface area contributed by atoms with Crippen LogP contribution in [-0.4, -0.2) is 59.0 Å². The molecule has 1 aromatic rings. The maximum Gasteiger partial charge on any atom is 0.425 e. The Morgan fingerprint density at radius 3 is 2.28 bits per heavy atom. The van der Waals surface area contributed by atoms with Crippen molar-refractivity contribution in [3.63, 3.8) is 0 Å². The van der Waals surface area contributed by atoms with E-state index in [0.29, 0.717) is 5.56 Å². The predicted molar refractivity (Wildman–Crippen MR) is 105 cm³/mol. The number of ether oxygens (including phenoxy) is 1. The average Bonchev–Trinajstić information content (AvgIpc) is 3.46. The Bertz CT molecular complexity index is 886. The Morgan fingerprint density at radius 1 is 1.22 bits per heavy atom. The molecule has 1 aliphatic carbocycles. The molecule has 178 valence electrons. The van der Waals surface area contributed by atoms with Gasteiger partial charge in [0.2, 0.25) is 5.91 Å². The van der Waals surface area contributed by atoms with Crippen LogP contribution < -0.4 is 10.1 Å². The number of nitrogens with one attached hydrogen (secondary N) is 1. The number of pyridine rings is 1. The lowest BCUT2D eigenvalue weighted by molar-refractivity contribution is -0.189. The van der Waals surface area contributed by atoms with E-state index in [1.165, 1.54) is 6.20 Å². The van der Waals surface area contributed by atoms with Gasteiger partial charge in [-0.15, -0.1) is 0 Å². The summed E-state index contributed by atoms with van der Waals surface area (Å²) in [4.78, 5) is 30.5. The number of rotatable bonds is 6. The molecule has 1 N–H and O–H groups in total. The number of halogens is 5. The molecule has 1 aliphatic heterocycles. The maximum absolute atomic E-state index is 13.2. The van der Waals surface area contributed by atoms with E-state index >= 15 is 0 Å². The van der Waals surface area contributed by atoms with E-state index in [-0.39, 0.29) is 17.4 Å². The zero-order valence-corrected chi connectivity index (χ0v) is 18.2. The van der Waals surface area contributed by atoms with Crippen LogP contribution in [0.5, 0.6) is 5.75 Å². The monoisotopic (exact) mass is 463 g/mol.